The molecule has 0 unspecified atom stereocenters. The van der Waals surface area contributed by atoms with E-state index in [1.165, 1.54) is 13.3 Å². The smallest absolute Gasteiger partial charge is 0.339 e. The van der Waals surface area contributed by atoms with Crippen LogP contribution in [-0.2, 0) is 4.74 Å². The van der Waals surface area contributed by atoms with Crippen molar-refractivity contribution < 1.29 is 9.53 Å². The summed E-state index contributed by atoms with van der Waals surface area (Å²) in [5.41, 5.74) is 0.396. The first-order valence-electron chi connectivity index (χ1n) is 4.48. The molecule has 1 aromatic heterocycles. The Morgan fingerprint density at radius 2 is 2.44 bits per heavy atom. The zero-order chi connectivity index (χ0) is 12.1. The van der Waals surface area contributed by atoms with Gasteiger partial charge in [-0.15, -0.1) is 6.42 Å². The number of aromatic nitrogens is 1. The van der Waals surface area contributed by atoms with E-state index in [1.807, 2.05) is 7.05 Å². The van der Waals surface area contributed by atoms with Crippen molar-refractivity contribution in [1.82, 2.24) is 4.98 Å². The van der Waals surface area contributed by atoms with E-state index in [2.05, 4.69) is 31.6 Å². The lowest BCUT2D eigenvalue weighted by atomic mass is 10.3. The summed E-state index contributed by atoms with van der Waals surface area (Å²) in [4.78, 5) is 17.2. The van der Waals surface area contributed by atoms with Gasteiger partial charge in [0, 0.05) is 13.2 Å². The minimum atomic E-state index is -0.417. The minimum absolute atomic E-state index is 0.396. The second-order valence-electron chi connectivity index (χ2n) is 3.08. The van der Waals surface area contributed by atoms with E-state index in [4.69, 9.17) is 6.42 Å². The van der Waals surface area contributed by atoms with Gasteiger partial charge in [-0.1, -0.05) is 5.92 Å². The minimum Gasteiger partial charge on any atom is -0.465 e. The van der Waals surface area contributed by atoms with Crippen LogP contribution >= 0.6 is 15.9 Å². The molecule has 0 atom stereocenters. The monoisotopic (exact) mass is 282 g/mol. The molecule has 5 heteroatoms. The molecule has 0 amide bonds. The number of hydrogen-bond donors (Lipinski definition) is 0. The van der Waals surface area contributed by atoms with Crippen molar-refractivity contribution >= 4 is 27.7 Å². The SMILES string of the molecule is C#CCN(C)c1ncc(C(=O)OC)cc1Br. The number of nitrogens with zero attached hydrogens (tertiary/aromatic N) is 2. The molecule has 0 aliphatic heterocycles. The number of pyridine rings is 1. The van der Waals surface area contributed by atoms with Gasteiger partial charge in [-0.25, -0.2) is 9.78 Å². The fourth-order valence-electron chi connectivity index (χ4n) is 1.15. The Bertz CT molecular complexity index is 440. The van der Waals surface area contributed by atoms with Crippen LogP contribution in [0.4, 0.5) is 5.82 Å². The predicted octanol–water partition coefficient (Wildman–Crippen LogP) is 1.70. The fourth-order valence-corrected chi connectivity index (χ4v) is 1.80. The Kier molecular flexibility index (Phi) is 4.32. The Morgan fingerprint density at radius 3 is 2.94 bits per heavy atom. The maximum Gasteiger partial charge on any atom is 0.339 e. The van der Waals surface area contributed by atoms with E-state index in [0.29, 0.717) is 22.4 Å². The summed E-state index contributed by atoms with van der Waals surface area (Å²) >= 11 is 3.33. The van der Waals surface area contributed by atoms with Crippen LogP contribution in [0.5, 0.6) is 0 Å². The van der Waals surface area contributed by atoms with E-state index < -0.39 is 5.97 Å². The quantitative estimate of drug-likeness (QED) is 0.625. The molecule has 0 saturated heterocycles. The zero-order valence-electron chi connectivity index (χ0n) is 9.03. The van der Waals surface area contributed by atoms with Crippen LogP contribution in [0.15, 0.2) is 16.7 Å². The molecule has 84 valence electrons. The number of anilines is 1. The highest BCUT2D eigenvalue weighted by Crippen LogP contribution is 2.23. The number of halogens is 1. The molecule has 0 N–H and O–H groups in total. The van der Waals surface area contributed by atoms with E-state index in [0.717, 1.165) is 0 Å². The molecule has 0 aromatic carbocycles. The first-order valence-corrected chi connectivity index (χ1v) is 5.28. The van der Waals surface area contributed by atoms with Gasteiger partial charge in [-0.05, 0) is 22.0 Å². The van der Waals surface area contributed by atoms with Crippen LogP contribution in [0.2, 0.25) is 0 Å². The summed E-state index contributed by atoms with van der Waals surface area (Å²) in [6.45, 7) is 0.448. The number of methoxy groups -OCH3 is 1. The maximum atomic E-state index is 11.2. The molecule has 1 aromatic rings. The molecule has 16 heavy (non-hydrogen) atoms. The molecule has 0 saturated carbocycles. The third-order valence-corrected chi connectivity index (χ3v) is 2.52. The van der Waals surface area contributed by atoms with Gasteiger partial charge in [0.1, 0.15) is 5.82 Å². The number of rotatable bonds is 3. The molecule has 0 spiro atoms. The number of hydrogen-bond acceptors (Lipinski definition) is 4. The Balaban J connectivity index is 3.01. The average Bonchev–Trinajstić information content (AvgIpc) is 2.28. The molecular weight excluding hydrogens is 272 g/mol. The highest BCUT2D eigenvalue weighted by Gasteiger charge is 2.11. The first-order chi connectivity index (χ1) is 7.60. The lowest BCUT2D eigenvalue weighted by Crippen LogP contribution is -2.19. The number of terminal acetylenes is 1. The van der Waals surface area contributed by atoms with Crippen LogP contribution in [0, 0.1) is 12.3 Å². The summed E-state index contributed by atoms with van der Waals surface area (Å²) in [5, 5.41) is 0. The second-order valence-corrected chi connectivity index (χ2v) is 3.94. The van der Waals surface area contributed by atoms with Crippen molar-refractivity contribution in [2.45, 2.75) is 0 Å². The molecule has 0 bridgehead atoms. The van der Waals surface area contributed by atoms with Crippen molar-refractivity contribution in [2.75, 3.05) is 25.6 Å². The van der Waals surface area contributed by atoms with Gasteiger partial charge in [-0.3, -0.25) is 0 Å². The lowest BCUT2D eigenvalue weighted by molar-refractivity contribution is 0.0600. The van der Waals surface area contributed by atoms with Crippen molar-refractivity contribution in [3.05, 3.63) is 22.3 Å². The molecule has 1 heterocycles. The highest BCUT2D eigenvalue weighted by molar-refractivity contribution is 9.10. The summed E-state index contributed by atoms with van der Waals surface area (Å²) in [5.74, 6) is 2.78. The summed E-state index contributed by atoms with van der Waals surface area (Å²) in [6, 6.07) is 1.65. The summed E-state index contributed by atoms with van der Waals surface area (Å²) in [6.07, 6.45) is 6.66. The van der Waals surface area contributed by atoms with Gasteiger partial charge in [0.05, 0.1) is 23.7 Å². The van der Waals surface area contributed by atoms with Gasteiger partial charge in [-0.2, -0.15) is 0 Å². The number of esters is 1. The lowest BCUT2D eigenvalue weighted by Gasteiger charge is -2.16. The predicted molar refractivity (Wildman–Crippen MR) is 65.4 cm³/mol. The van der Waals surface area contributed by atoms with Crippen LogP contribution in [0.3, 0.4) is 0 Å². The van der Waals surface area contributed by atoms with Gasteiger partial charge in [0.15, 0.2) is 0 Å². The molecule has 4 nitrogen and oxygen atoms in total. The molecule has 0 aliphatic carbocycles. The number of carbonyl (C=O) groups excluding carboxylic acids is 1. The van der Waals surface area contributed by atoms with Gasteiger partial charge >= 0.3 is 5.97 Å². The second kappa shape index (κ2) is 5.52. The normalized spacial score (nSPS) is 9.38. The summed E-state index contributed by atoms with van der Waals surface area (Å²) in [7, 11) is 3.15. The fraction of sp³-hybridized carbons (Fsp3) is 0.273. The van der Waals surface area contributed by atoms with Gasteiger partial charge in [0.2, 0.25) is 0 Å². The first kappa shape index (κ1) is 12.5. The maximum absolute atomic E-state index is 11.2. The van der Waals surface area contributed by atoms with Crippen molar-refractivity contribution in [3.63, 3.8) is 0 Å². The van der Waals surface area contributed by atoms with Crippen molar-refractivity contribution in [2.24, 2.45) is 0 Å². The largest absolute Gasteiger partial charge is 0.465 e. The van der Waals surface area contributed by atoms with Crippen molar-refractivity contribution in [3.8, 4) is 12.3 Å². The number of carbonyl (C=O) groups is 1. The Labute approximate surface area is 103 Å². The van der Waals surface area contributed by atoms with E-state index in [9.17, 15) is 4.79 Å². The Hall–Kier alpha value is -1.54. The highest BCUT2D eigenvalue weighted by atomic mass is 79.9. The third kappa shape index (κ3) is 2.74. The third-order valence-electron chi connectivity index (χ3n) is 1.93. The Morgan fingerprint density at radius 1 is 1.75 bits per heavy atom. The van der Waals surface area contributed by atoms with Crippen LogP contribution < -0.4 is 4.90 Å². The molecular formula is C11H11BrN2O2. The van der Waals surface area contributed by atoms with Crippen LogP contribution in [0.1, 0.15) is 10.4 Å². The molecule has 0 radical (unpaired) electrons. The molecule has 1 rings (SSSR count). The summed E-state index contributed by atoms with van der Waals surface area (Å²) < 4.78 is 5.30. The topological polar surface area (TPSA) is 42.4 Å². The standard InChI is InChI=1S/C11H11BrN2O2/c1-4-5-14(2)10-9(12)6-8(7-13-10)11(15)16-3/h1,6-7H,5H2,2-3H3. The average molecular weight is 283 g/mol. The van der Waals surface area contributed by atoms with Crippen LogP contribution in [0.25, 0.3) is 0 Å². The van der Waals surface area contributed by atoms with E-state index in [1.54, 1.807) is 11.0 Å². The van der Waals surface area contributed by atoms with Gasteiger partial charge < -0.3 is 9.64 Å². The van der Waals surface area contributed by atoms with Gasteiger partial charge in [0.25, 0.3) is 0 Å². The zero-order valence-corrected chi connectivity index (χ0v) is 10.6. The molecule has 0 fully saturated rings. The van der Waals surface area contributed by atoms with E-state index >= 15 is 0 Å². The van der Waals surface area contributed by atoms with Crippen molar-refractivity contribution in [1.29, 1.82) is 0 Å². The van der Waals surface area contributed by atoms with E-state index in [-0.39, 0.29) is 0 Å². The number of ether oxygens (including phenoxy) is 1. The molecule has 0 aliphatic rings. The van der Waals surface area contributed by atoms with Crippen LogP contribution in [-0.4, -0.2) is 31.7 Å².